The normalized spacial score (nSPS) is 15.0. The van der Waals surface area contributed by atoms with E-state index in [4.69, 9.17) is 16.5 Å². The highest BCUT2D eigenvalue weighted by molar-refractivity contribution is 7.18. The Morgan fingerprint density at radius 3 is 2.27 bits per heavy atom. The molecule has 5 atom stereocenters. The summed E-state index contributed by atoms with van der Waals surface area (Å²) in [5.74, 6) is -2.79. The molecule has 45 heavy (non-hydrogen) atoms. The Morgan fingerprint density at radius 2 is 1.69 bits per heavy atom. The molecule has 0 aliphatic heterocycles. The molecule has 1 aromatic heterocycles. The van der Waals surface area contributed by atoms with Crippen molar-refractivity contribution in [2.75, 3.05) is 6.54 Å². The first-order chi connectivity index (χ1) is 21.3. The zero-order valence-corrected chi connectivity index (χ0v) is 28.6. The van der Waals surface area contributed by atoms with Crippen molar-refractivity contribution >= 4 is 51.3 Å². The van der Waals surface area contributed by atoms with Crippen LogP contribution in [0.15, 0.2) is 18.2 Å². The molecule has 0 saturated heterocycles. The Labute approximate surface area is 271 Å². The number of carbonyl (C=O) groups excluding carboxylic acids is 5. The van der Waals surface area contributed by atoms with Crippen molar-refractivity contribution in [3.05, 3.63) is 28.8 Å². The summed E-state index contributed by atoms with van der Waals surface area (Å²) < 4.78 is 1.03. The third-order valence-corrected chi connectivity index (χ3v) is 9.39. The number of aldehydes is 1. The average molecular weight is 644 g/mol. The van der Waals surface area contributed by atoms with Gasteiger partial charge in [0.05, 0.1) is 27.2 Å². The van der Waals surface area contributed by atoms with Crippen molar-refractivity contribution in [2.45, 2.75) is 111 Å². The molecule has 1 heterocycles. The van der Waals surface area contributed by atoms with E-state index in [1.54, 1.807) is 0 Å². The fraction of sp³-hybridized carbons (Fsp3) is 0.647. The highest BCUT2D eigenvalue weighted by Crippen LogP contribution is 2.28. The zero-order valence-electron chi connectivity index (χ0n) is 27.8. The van der Waals surface area contributed by atoms with Crippen molar-refractivity contribution in [2.24, 2.45) is 35.1 Å². The summed E-state index contributed by atoms with van der Waals surface area (Å²) in [4.78, 5) is 69.1. The molecule has 0 unspecified atom stereocenters. The van der Waals surface area contributed by atoms with Crippen LogP contribution in [0.4, 0.5) is 0 Å². The number of fused-ring (bicyclic) bond motifs is 1. The van der Waals surface area contributed by atoms with E-state index in [0.29, 0.717) is 44.6 Å². The zero-order chi connectivity index (χ0) is 33.7. The number of Topliss-reactive ketones (excluding diaryl/α,β-unsaturated/α-hetero) is 1. The van der Waals surface area contributed by atoms with E-state index >= 15 is 0 Å². The molecule has 1 aromatic carbocycles. The highest BCUT2D eigenvalue weighted by atomic mass is 32.1. The van der Waals surface area contributed by atoms with Gasteiger partial charge in [-0.15, -0.1) is 11.3 Å². The lowest BCUT2D eigenvalue weighted by molar-refractivity contribution is -0.135. The van der Waals surface area contributed by atoms with Crippen molar-refractivity contribution < 1.29 is 24.0 Å². The minimum atomic E-state index is -0.840. The van der Waals surface area contributed by atoms with Crippen LogP contribution in [0.1, 0.15) is 103 Å². The van der Waals surface area contributed by atoms with E-state index in [2.05, 4.69) is 36.6 Å². The molecule has 0 fully saturated rings. The second kappa shape index (κ2) is 18.7. The first kappa shape index (κ1) is 38.0. The van der Waals surface area contributed by atoms with Crippen molar-refractivity contribution in [3.63, 3.8) is 0 Å². The van der Waals surface area contributed by atoms with Crippen LogP contribution in [0.5, 0.6) is 0 Å². The number of hydrogen-bond acceptors (Lipinski definition) is 8. The van der Waals surface area contributed by atoms with Gasteiger partial charge in [-0.25, -0.2) is 4.98 Å². The van der Waals surface area contributed by atoms with Crippen molar-refractivity contribution in [1.82, 2.24) is 15.6 Å². The molecule has 0 radical (unpaired) electrons. The standard InChI is InChI=1S/C34H53N5O5S/c1-7-22(6)31(28(41)17-24(10-8-9-14-35)33(43)38-27(32(36)42)16-20(2)3)39-34(44)25(13-15-40)19-30-37-26-12-11-23(21(4)5)18-29(26)45-30/h11-12,15,18,20-22,24-25,27,31H,7-10,13-14,16-17,19,35H2,1-6H3,(H2,36,42)(H,38,43)(H,39,44)/t22-,24+,25-,27-,31-/m0/s1. The van der Waals surface area contributed by atoms with Crippen LogP contribution in [0, 0.1) is 23.7 Å². The van der Waals surface area contributed by atoms with E-state index in [1.165, 1.54) is 16.9 Å². The van der Waals surface area contributed by atoms with Gasteiger partial charge in [-0.2, -0.15) is 0 Å². The number of aromatic nitrogens is 1. The largest absolute Gasteiger partial charge is 0.368 e. The number of nitrogens with zero attached hydrogens (tertiary/aromatic N) is 1. The van der Waals surface area contributed by atoms with Gasteiger partial charge < -0.3 is 26.9 Å². The van der Waals surface area contributed by atoms with E-state index in [1.807, 2.05) is 33.8 Å². The second-order valence-corrected chi connectivity index (χ2v) is 14.0. The molecule has 0 aliphatic carbocycles. The topological polar surface area (TPSA) is 174 Å². The number of benzene rings is 1. The monoisotopic (exact) mass is 643 g/mol. The first-order valence-electron chi connectivity index (χ1n) is 16.3. The molecule has 0 aliphatic rings. The Morgan fingerprint density at radius 1 is 1.00 bits per heavy atom. The Hall–Kier alpha value is -3.18. The van der Waals surface area contributed by atoms with Crippen LogP contribution < -0.4 is 22.1 Å². The number of unbranched alkanes of at least 4 members (excludes halogenated alkanes) is 1. The Bertz CT molecular complexity index is 1290. The quantitative estimate of drug-likeness (QED) is 0.115. The van der Waals surface area contributed by atoms with Gasteiger partial charge in [0.1, 0.15) is 12.3 Å². The van der Waals surface area contributed by atoms with E-state index in [-0.39, 0.29) is 36.9 Å². The maximum absolute atomic E-state index is 13.8. The lowest BCUT2D eigenvalue weighted by atomic mass is 9.86. The minimum Gasteiger partial charge on any atom is -0.368 e. The number of amides is 3. The van der Waals surface area contributed by atoms with E-state index in [9.17, 15) is 24.0 Å². The number of nitrogens with one attached hydrogen (secondary N) is 2. The molecule has 0 bridgehead atoms. The number of hydrogen-bond donors (Lipinski definition) is 4. The van der Waals surface area contributed by atoms with Crippen LogP contribution in [0.25, 0.3) is 10.2 Å². The smallest absolute Gasteiger partial charge is 0.240 e. The number of ketones is 1. The summed E-state index contributed by atoms with van der Waals surface area (Å²) in [5.41, 5.74) is 13.3. The number of thiazole rings is 1. The van der Waals surface area contributed by atoms with Gasteiger partial charge in [0.15, 0.2) is 5.78 Å². The lowest BCUT2D eigenvalue weighted by Gasteiger charge is -2.27. The highest BCUT2D eigenvalue weighted by Gasteiger charge is 2.33. The van der Waals surface area contributed by atoms with Crippen LogP contribution >= 0.6 is 11.3 Å². The summed E-state index contributed by atoms with van der Waals surface area (Å²) in [6.07, 6.45) is 3.63. The number of rotatable bonds is 21. The molecule has 10 nitrogen and oxygen atoms in total. The molecule has 3 amide bonds. The van der Waals surface area contributed by atoms with Gasteiger partial charge in [-0.1, -0.05) is 60.5 Å². The summed E-state index contributed by atoms with van der Waals surface area (Å²) in [6, 6.07) is 4.47. The molecule has 0 saturated carbocycles. The fourth-order valence-corrected chi connectivity index (χ4v) is 6.43. The summed E-state index contributed by atoms with van der Waals surface area (Å²) in [5, 5.41) is 6.44. The van der Waals surface area contributed by atoms with E-state index < -0.39 is 41.6 Å². The van der Waals surface area contributed by atoms with E-state index in [0.717, 1.165) is 21.5 Å². The Balaban J connectivity index is 2.24. The summed E-state index contributed by atoms with van der Waals surface area (Å²) in [7, 11) is 0. The predicted molar refractivity (Wildman–Crippen MR) is 180 cm³/mol. The van der Waals surface area contributed by atoms with Gasteiger partial charge >= 0.3 is 0 Å². The lowest BCUT2D eigenvalue weighted by Crippen LogP contribution is -2.50. The van der Waals surface area contributed by atoms with Crippen molar-refractivity contribution in [3.8, 4) is 0 Å². The molecule has 250 valence electrons. The third-order valence-electron chi connectivity index (χ3n) is 8.35. The summed E-state index contributed by atoms with van der Waals surface area (Å²) in [6.45, 7) is 12.4. The number of nitrogens with two attached hydrogens (primary N) is 2. The SMILES string of the molecule is CC[C@H](C)[C@H](NC(=O)[C@@H](CC=O)Cc1nc2ccc(C(C)C)cc2s1)C(=O)C[C@@H](CCCCN)C(=O)N[C@@H](CC(C)C)C(N)=O. The van der Waals surface area contributed by atoms with Crippen LogP contribution in [0.2, 0.25) is 0 Å². The molecule has 2 rings (SSSR count). The molecular weight excluding hydrogens is 590 g/mol. The van der Waals surface area contributed by atoms with Crippen LogP contribution in [-0.4, -0.2) is 53.4 Å². The van der Waals surface area contributed by atoms with Gasteiger partial charge in [0.2, 0.25) is 17.7 Å². The average Bonchev–Trinajstić information content (AvgIpc) is 3.39. The molecule has 11 heteroatoms. The summed E-state index contributed by atoms with van der Waals surface area (Å²) >= 11 is 1.51. The van der Waals surface area contributed by atoms with Gasteiger partial charge in [0, 0.05) is 25.2 Å². The van der Waals surface area contributed by atoms with Gasteiger partial charge in [0.25, 0.3) is 0 Å². The third kappa shape index (κ3) is 11.9. The predicted octanol–water partition coefficient (Wildman–Crippen LogP) is 4.42. The van der Waals surface area contributed by atoms with Crippen LogP contribution in [0.3, 0.4) is 0 Å². The van der Waals surface area contributed by atoms with Crippen molar-refractivity contribution in [1.29, 1.82) is 0 Å². The van der Waals surface area contributed by atoms with Gasteiger partial charge in [-0.3, -0.25) is 19.2 Å². The number of carbonyl (C=O) groups is 5. The van der Waals surface area contributed by atoms with Gasteiger partial charge in [-0.05, 0) is 61.3 Å². The first-order valence-corrected chi connectivity index (χ1v) is 17.1. The minimum absolute atomic E-state index is 0.00506. The molecular formula is C34H53N5O5S. The number of primary amides is 1. The molecule has 2 aromatic rings. The maximum atomic E-state index is 13.8. The Kier molecular flexibility index (Phi) is 15.8. The second-order valence-electron chi connectivity index (χ2n) is 12.9. The van der Waals surface area contributed by atoms with Crippen LogP contribution in [-0.2, 0) is 30.4 Å². The fourth-order valence-electron chi connectivity index (χ4n) is 5.33. The maximum Gasteiger partial charge on any atom is 0.240 e. The molecule has 6 N–H and O–H groups in total. The molecule has 0 spiro atoms.